The van der Waals surface area contributed by atoms with Crippen LogP contribution in [0.4, 0.5) is 0 Å². The lowest BCUT2D eigenvalue weighted by Crippen LogP contribution is -2.49. The second kappa shape index (κ2) is 14.2. The van der Waals surface area contributed by atoms with Crippen molar-refractivity contribution in [3.63, 3.8) is 0 Å². The minimum Gasteiger partial charge on any atom is -0.208 e. The fourth-order valence-electron chi connectivity index (χ4n) is 8.37. The molecule has 270 valence electrons. The molecule has 8 aromatic carbocycles. The molecule has 0 bridgehead atoms. The van der Waals surface area contributed by atoms with Gasteiger partial charge in [0.1, 0.15) is 8.07 Å². The lowest BCUT2D eigenvalue weighted by molar-refractivity contribution is 1.07. The van der Waals surface area contributed by atoms with Crippen LogP contribution in [0.3, 0.4) is 0 Å². The van der Waals surface area contributed by atoms with Crippen LogP contribution in [0.15, 0.2) is 200 Å². The summed E-state index contributed by atoms with van der Waals surface area (Å²) in [6.07, 6.45) is 0. The Kier molecular flexibility index (Phi) is 8.62. The van der Waals surface area contributed by atoms with Crippen molar-refractivity contribution in [3.8, 4) is 89.8 Å². The second-order valence-electron chi connectivity index (χ2n) is 15.3. The third-order valence-corrected chi connectivity index (χ3v) is 14.9. The lowest BCUT2D eigenvalue weighted by atomic mass is 9.92. The summed E-state index contributed by atoms with van der Waals surface area (Å²) < 4.78 is 0. The number of benzene rings is 8. The Bertz CT molecular complexity index is 2920. The first-order chi connectivity index (χ1) is 28.0. The van der Waals surface area contributed by atoms with Gasteiger partial charge in [-0.2, -0.15) is 0 Å². The van der Waals surface area contributed by atoms with Gasteiger partial charge in [-0.3, -0.25) is 0 Å². The normalized spacial score (nSPS) is 12.5. The van der Waals surface area contributed by atoms with Gasteiger partial charge < -0.3 is 0 Å². The summed E-state index contributed by atoms with van der Waals surface area (Å²) in [7, 11) is -1.76. The molecule has 0 spiro atoms. The van der Waals surface area contributed by atoms with Gasteiger partial charge in [-0.15, -0.1) is 0 Å². The van der Waals surface area contributed by atoms with E-state index in [1.165, 1.54) is 43.8 Å². The Morgan fingerprint density at radius 1 is 0.281 bits per heavy atom. The number of aromatic nitrogens is 3. The van der Waals surface area contributed by atoms with Crippen molar-refractivity contribution < 1.29 is 0 Å². The third kappa shape index (κ3) is 6.40. The largest absolute Gasteiger partial charge is 0.208 e. The fraction of sp³-hybridized carbons (Fsp3) is 0.0377. The summed E-state index contributed by atoms with van der Waals surface area (Å²) in [5.74, 6) is 1.93. The Morgan fingerprint density at radius 2 is 0.649 bits per heavy atom. The SMILES string of the molecule is C[Si]1(C)c2ccccc2-c2c(-c3cccc(-c4cccc(-c5ccc(-c6nc(-c7ccccc7)nc(-c7cccc(-c8ccccc8)c7)n6)cc5)c4)c3)cccc21. The summed E-state index contributed by atoms with van der Waals surface area (Å²) >= 11 is 0. The molecule has 0 saturated heterocycles. The zero-order valence-corrected chi connectivity index (χ0v) is 32.9. The highest BCUT2D eigenvalue weighted by molar-refractivity contribution is 7.04. The Morgan fingerprint density at radius 3 is 1.30 bits per heavy atom. The van der Waals surface area contributed by atoms with Crippen molar-refractivity contribution in [2.75, 3.05) is 0 Å². The van der Waals surface area contributed by atoms with E-state index in [1.807, 2.05) is 36.4 Å². The van der Waals surface area contributed by atoms with Crippen LogP contribution >= 0.6 is 0 Å². The Balaban J connectivity index is 0.981. The van der Waals surface area contributed by atoms with Gasteiger partial charge in [0.2, 0.25) is 0 Å². The van der Waals surface area contributed by atoms with Gasteiger partial charge >= 0.3 is 0 Å². The fourth-order valence-corrected chi connectivity index (χ4v) is 11.5. The quantitative estimate of drug-likeness (QED) is 0.153. The molecule has 4 heteroatoms. The predicted octanol–water partition coefficient (Wildman–Crippen LogP) is 12.3. The number of rotatable bonds is 7. The zero-order valence-electron chi connectivity index (χ0n) is 31.9. The molecule has 0 radical (unpaired) electrons. The molecule has 57 heavy (non-hydrogen) atoms. The van der Waals surface area contributed by atoms with Gasteiger partial charge in [0.25, 0.3) is 0 Å². The number of hydrogen-bond donors (Lipinski definition) is 0. The molecule has 1 aromatic heterocycles. The highest BCUT2D eigenvalue weighted by Crippen LogP contribution is 2.38. The van der Waals surface area contributed by atoms with E-state index in [4.69, 9.17) is 15.0 Å². The topological polar surface area (TPSA) is 38.7 Å². The molecule has 0 aliphatic carbocycles. The number of hydrogen-bond acceptors (Lipinski definition) is 3. The molecule has 9 aromatic rings. The summed E-state index contributed by atoms with van der Waals surface area (Å²) in [5, 5.41) is 3.06. The van der Waals surface area contributed by atoms with Crippen molar-refractivity contribution >= 4 is 18.4 Å². The Labute approximate surface area is 335 Å². The molecule has 0 N–H and O–H groups in total. The van der Waals surface area contributed by atoms with Crippen LogP contribution in [0, 0.1) is 0 Å². The monoisotopic (exact) mass is 745 g/mol. The average Bonchev–Trinajstić information content (AvgIpc) is 3.53. The summed E-state index contributed by atoms with van der Waals surface area (Å²) in [6.45, 7) is 4.96. The van der Waals surface area contributed by atoms with Crippen LogP contribution in [0.25, 0.3) is 89.8 Å². The minimum atomic E-state index is -1.76. The molecule has 0 amide bonds. The maximum atomic E-state index is 5.05. The van der Waals surface area contributed by atoms with E-state index in [-0.39, 0.29) is 0 Å². The van der Waals surface area contributed by atoms with Crippen LogP contribution < -0.4 is 10.4 Å². The van der Waals surface area contributed by atoms with E-state index in [0.717, 1.165) is 38.9 Å². The van der Waals surface area contributed by atoms with E-state index in [2.05, 4.69) is 177 Å². The van der Waals surface area contributed by atoms with Crippen molar-refractivity contribution in [3.05, 3.63) is 200 Å². The van der Waals surface area contributed by atoms with E-state index >= 15 is 0 Å². The maximum absolute atomic E-state index is 5.05. The molecule has 1 aliphatic heterocycles. The summed E-state index contributed by atoms with van der Waals surface area (Å²) in [4.78, 5) is 15.0. The van der Waals surface area contributed by atoms with Gasteiger partial charge in [-0.1, -0.05) is 195 Å². The van der Waals surface area contributed by atoms with Gasteiger partial charge in [0.05, 0.1) is 0 Å². The average molecular weight is 746 g/mol. The molecular weight excluding hydrogens is 707 g/mol. The Hall–Kier alpha value is -7.01. The summed E-state index contributed by atoms with van der Waals surface area (Å²) in [5.41, 5.74) is 15.2. The van der Waals surface area contributed by atoms with E-state index in [0.29, 0.717) is 17.5 Å². The first kappa shape index (κ1) is 34.5. The van der Waals surface area contributed by atoms with Gasteiger partial charge in [0.15, 0.2) is 17.5 Å². The molecule has 0 unspecified atom stereocenters. The first-order valence-electron chi connectivity index (χ1n) is 19.5. The molecule has 3 nitrogen and oxygen atoms in total. The van der Waals surface area contributed by atoms with E-state index in [1.54, 1.807) is 0 Å². The standard InChI is InChI=1S/C53H39N3Si/c1-57(2)48-27-10-9-25-47(48)50-46(26-14-28-49(50)57)44-23-12-22-43(34-44)42-21-11-19-40(33-42)37-29-31-39(32-30-37)52-54-51(38-17-7-4-8-18-38)55-53(56-52)45-24-13-20-41(35-45)36-15-5-3-6-16-36/h3-35H,1-2H3. The highest BCUT2D eigenvalue weighted by Gasteiger charge is 2.38. The minimum absolute atomic E-state index is 0.641. The molecule has 2 heterocycles. The summed E-state index contributed by atoms with van der Waals surface area (Å²) in [6, 6.07) is 71.3. The molecule has 10 rings (SSSR count). The van der Waals surface area contributed by atoms with Crippen LogP contribution in [0.1, 0.15) is 0 Å². The van der Waals surface area contributed by atoms with Gasteiger partial charge in [-0.05, 0) is 84.2 Å². The van der Waals surface area contributed by atoms with Gasteiger partial charge in [-0.25, -0.2) is 15.0 Å². The smallest absolute Gasteiger partial charge is 0.164 e. The zero-order chi connectivity index (χ0) is 38.3. The van der Waals surface area contributed by atoms with Crippen molar-refractivity contribution in [1.82, 2.24) is 15.0 Å². The molecule has 0 fully saturated rings. The van der Waals surface area contributed by atoms with Gasteiger partial charge in [0, 0.05) is 16.7 Å². The number of fused-ring (bicyclic) bond motifs is 3. The van der Waals surface area contributed by atoms with Crippen LogP contribution in [-0.4, -0.2) is 23.0 Å². The number of nitrogens with zero attached hydrogens (tertiary/aromatic N) is 3. The van der Waals surface area contributed by atoms with Crippen LogP contribution in [0.2, 0.25) is 13.1 Å². The van der Waals surface area contributed by atoms with Crippen molar-refractivity contribution in [2.45, 2.75) is 13.1 Å². The molecule has 0 saturated carbocycles. The maximum Gasteiger partial charge on any atom is 0.164 e. The third-order valence-electron chi connectivity index (χ3n) is 11.3. The molecule has 0 atom stereocenters. The highest BCUT2D eigenvalue weighted by atomic mass is 28.3. The van der Waals surface area contributed by atoms with Crippen LogP contribution in [0.5, 0.6) is 0 Å². The lowest BCUT2D eigenvalue weighted by Gasteiger charge is -2.19. The van der Waals surface area contributed by atoms with Crippen LogP contribution in [-0.2, 0) is 0 Å². The predicted molar refractivity (Wildman–Crippen MR) is 240 cm³/mol. The molecule has 1 aliphatic rings. The van der Waals surface area contributed by atoms with Crippen molar-refractivity contribution in [2.24, 2.45) is 0 Å². The second-order valence-corrected chi connectivity index (χ2v) is 19.6. The first-order valence-corrected chi connectivity index (χ1v) is 22.5. The molecular formula is C53H39N3Si. The van der Waals surface area contributed by atoms with Crippen molar-refractivity contribution in [1.29, 1.82) is 0 Å². The van der Waals surface area contributed by atoms with E-state index < -0.39 is 8.07 Å². The van der Waals surface area contributed by atoms with E-state index in [9.17, 15) is 0 Å².